The molecule has 1 aromatic carbocycles. The van der Waals surface area contributed by atoms with E-state index >= 15 is 0 Å². The number of carbonyl (C=O) groups excluding carboxylic acids is 1. The Morgan fingerprint density at radius 2 is 1.95 bits per heavy atom. The van der Waals surface area contributed by atoms with Gasteiger partial charge in [0.1, 0.15) is 5.75 Å². The van der Waals surface area contributed by atoms with Crippen LogP contribution in [0.1, 0.15) is 34.1 Å². The molecular weight excluding hydrogens is 266 g/mol. The molecule has 0 radical (unpaired) electrons. The molecule has 1 amide bonds. The number of nitrogen functional groups attached to an aromatic ring is 1. The third kappa shape index (κ3) is 5.94. The molecule has 1 rings (SSSR count). The zero-order valence-corrected chi connectivity index (χ0v) is 13.5. The molecule has 0 atom stereocenters. The average Bonchev–Trinajstić information content (AvgIpc) is 2.38. The van der Waals surface area contributed by atoms with Crippen LogP contribution in [-0.4, -0.2) is 36.5 Å². The van der Waals surface area contributed by atoms with Crippen LogP contribution in [0.15, 0.2) is 18.2 Å². The molecule has 5 heteroatoms. The van der Waals surface area contributed by atoms with Crippen LogP contribution in [-0.2, 0) is 4.79 Å². The molecule has 118 valence electrons. The van der Waals surface area contributed by atoms with Gasteiger partial charge in [-0.2, -0.15) is 0 Å². The second kappa shape index (κ2) is 8.39. The second-order valence-corrected chi connectivity index (χ2v) is 5.20. The van der Waals surface area contributed by atoms with E-state index in [9.17, 15) is 4.79 Å². The average molecular weight is 293 g/mol. The number of carbonyl (C=O) groups is 1. The summed E-state index contributed by atoms with van der Waals surface area (Å²) in [5.41, 5.74) is 7.38. The van der Waals surface area contributed by atoms with Crippen molar-refractivity contribution in [1.82, 2.24) is 4.90 Å². The van der Waals surface area contributed by atoms with E-state index in [0.29, 0.717) is 18.7 Å². The van der Waals surface area contributed by atoms with Crippen molar-refractivity contribution < 1.29 is 9.53 Å². The highest BCUT2D eigenvalue weighted by Gasteiger charge is 2.09. The highest BCUT2D eigenvalue weighted by atomic mass is 16.5. The Labute approximate surface area is 127 Å². The fraction of sp³-hybridized carbons (Fsp3) is 0.562. The van der Waals surface area contributed by atoms with Gasteiger partial charge >= 0.3 is 0 Å². The Morgan fingerprint density at radius 3 is 2.52 bits per heavy atom. The molecule has 0 unspecified atom stereocenters. The third-order valence-electron chi connectivity index (χ3n) is 3.08. The van der Waals surface area contributed by atoms with Crippen LogP contribution in [0, 0.1) is 0 Å². The molecule has 0 aliphatic rings. The predicted octanol–water partition coefficient (Wildman–Crippen LogP) is 2.73. The molecule has 0 saturated carbocycles. The Kier molecular flexibility index (Phi) is 6.85. The molecule has 0 spiro atoms. The second-order valence-electron chi connectivity index (χ2n) is 5.20. The summed E-state index contributed by atoms with van der Waals surface area (Å²) in [7, 11) is 0. The van der Waals surface area contributed by atoms with Crippen LogP contribution in [0.2, 0.25) is 0 Å². The van der Waals surface area contributed by atoms with Gasteiger partial charge in [0.05, 0.1) is 6.10 Å². The standard InChI is InChI=1S/C16H27N3O2/c1-5-19(6-2)16(20)7-8-18-14-9-13(17)10-15(11-14)21-12(3)4/h9-12,18H,5-8,17H2,1-4H3. The van der Waals surface area contributed by atoms with Crippen LogP contribution in [0.25, 0.3) is 0 Å². The van der Waals surface area contributed by atoms with Crippen molar-refractivity contribution in [2.75, 3.05) is 30.7 Å². The van der Waals surface area contributed by atoms with Gasteiger partial charge < -0.3 is 20.7 Å². The number of amides is 1. The van der Waals surface area contributed by atoms with Crippen molar-refractivity contribution >= 4 is 17.3 Å². The van der Waals surface area contributed by atoms with Crippen LogP contribution < -0.4 is 15.8 Å². The third-order valence-corrected chi connectivity index (χ3v) is 3.08. The predicted molar refractivity (Wildman–Crippen MR) is 87.7 cm³/mol. The Morgan fingerprint density at radius 1 is 1.29 bits per heavy atom. The zero-order chi connectivity index (χ0) is 15.8. The molecule has 0 aliphatic carbocycles. The molecule has 0 bridgehead atoms. The van der Waals surface area contributed by atoms with Crippen molar-refractivity contribution in [3.8, 4) is 5.75 Å². The van der Waals surface area contributed by atoms with Gasteiger partial charge in [0, 0.05) is 49.6 Å². The number of ether oxygens (including phenoxy) is 1. The lowest BCUT2D eigenvalue weighted by Gasteiger charge is -2.19. The highest BCUT2D eigenvalue weighted by Crippen LogP contribution is 2.23. The summed E-state index contributed by atoms with van der Waals surface area (Å²) >= 11 is 0. The SMILES string of the molecule is CCN(CC)C(=O)CCNc1cc(N)cc(OC(C)C)c1. The molecule has 5 nitrogen and oxygen atoms in total. The number of nitrogens with two attached hydrogens (primary N) is 1. The molecule has 0 aromatic heterocycles. The zero-order valence-electron chi connectivity index (χ0n) is 13.5. The van der Waals surface area contributed by atoms with Crippen LogP contribution in [0.3, 0.4) is 0 Å². The topological polar surface area (TPSA) is 67.6 Å². The maximum atomic E-state index is 11.9. The van der Waals surface area contributed by atoms with E-state index in [0.717, 1.165) is 24.5 Å². The molecule has 0 heterocycles. The molecule has 21 heavy (non-hydrogen) atoms. The number of nitrogens with one attached hydrogen (secondary N) is 1. The largest absolute Gasteiger partial charge is 0.491 e. The first-order valence-corrected chi connectivity index (χ1v) is 7.55. The van der Waals surface area contributed by atoms with E-state index < -0.39 is 0 Å². The first-order chi connectivity index (χ1) is 9.96. The van der Waals surface area contributed by atoms with E-state index in [1.807, 2.05) is 44.7 Å². The van der Waals surface area contributed by atoms with E-state index in [4.69, 9.17) is 10.5 Å². The number of rotatable bonds is 8. The van der Waals surface area contributed by atoms with Crippen molar-refractivity contribution in [1.29, 1.82) is 0 Å². The van der Waals surface area contributed by atoms with Crippen molar-refractivity contribution in [2.24, 2.45) is 0 Å². The summed E-state index contributed by atoms with van der Waals surface area (Å²) in [5, 5.41) is 3.23. The maximum Gasteiger partial charge on any atom is 0.224 e. The first kappa shape index (κ1) is 17.1. The van der Waals surface area contributed by atoms with E-state index in [-0.39, 0.29) is 12.0 Å². The number of benzene rings is 1. The Bertz CT molecular complexity index is 457. The molecule has 0 fully saturated rings. The minimum atomic E-state index is 0.101. The van der Waals surface area contributed by atoms with Gasteiger partial charge in [-0.3, -0.25) is 4.79 Å². The fourth-order valence-electron chi connectivity index (χ4n) is 2.11. The number of hydrogen-bond acceptors (Lipinski definition) is 4. The quantitative estimate of drug-likeness (QED) is 0.723. The summed E-state index contributed by atoms with van der Waals surface area (Å²) in [6, 6.07) is 5.54. The molecule has 1 aromatic rings. The van der Waals surface area contributed by atoms with Crippen LogP contribution >= 0.6 is 0 Å². The monoisotopic (exact) mass is 293 g/mol. The lowest BCUT2D eigenvalue weighted by atomic mass is 10.2. The molecule has 0 saturated heterocycles. The van der Waals surface area contributed by atoms with Gasteiger partial charge in [0.2, 0.25) is 5.91 Å². The lowest BCUT2D eigenvalue weighted by Crippen LogP contribution is -2.31. The van der Waals surface area contributed by atoms with E-state index in [1.54, 1.807) is 6.07 Å². The van der Waals surface area contributed by atoms with Gasteiger partial charge in [-0.1, -0.05) is 0 Å². The summed E-state index contributed by atoms with van der Waals surface area (Å²) in [5.74, 6) is 0.901. The smallest absolute Gasteiger partial charge is 0.224 e. The first-order valence-electron chi connectivity index (χ1n) is 7.55. The summed E-state index contributed by atoms with van der Waals surface area (Å²) in [6.45, 7) is 10.0. The van der Waals surface area contributed by atoms with Gasteiger partial charge in [0.25, 0.3) is 0 Å². The molecular formula is C16H27N3O2. The van der Waals surface area contributed by atoms with Crippen molar-refractivity contribution in [3.05, 3.63) is 18.2 Å². The van der Waals surface area contributed by atoms with Gasteiger partial charge in [-0.05, 0) is 33.8 Å². The number of nitrogens with zero attached hydrogens (tertiary/aromatic N) is 1. The summed E-state index contributed by atoms with van der Waals surface area (Å²) in [4.78, 5) is 13.7. The van der Waals surface area contributed by atoms with Crippen molar-refractivity contribution in [3.63, 3.8) is 0 Å². The number of anilines is 2. The number of hydrogen-bond donors (Lipinski definition) is 2. The van der Waals surface area contributed by atoms with Crippen molar-refractivity contribution in [2.45, 2.75) is 40.2 Å². The lowest BCUT2D eigenvalue weighted by molar-refractivity contribution is -0.130. The summed E-state index contributed by atoms with van der Waals surface area (Å²) < 4.78 is 5.64. The maximum absolute atomic E-state index is 11.9. The Balaban J connectivity index is 2.55. The molecule has 3 N–H and O–H groups in total. The Hall–Kier alpha value is -1.91. The van der Waals surface area contributed by atoms with Gasteiger partial charge in [0.15, 0.2) is 0 Å². The highest BCUT2D eigenvalue weighted by molar-refractivity contribution is 5.76. The van der Waals surface area contributed by atoms with E-state index in [2.05, 4.69) is 5.32 Å². The van der Waals surface area contributed by atoms with Crippen LogP contribution in [0.4, 0.5) is 11.4 Å². The minimum absolute atomic E-state index is 0.101. The normalized spacial score (nSPS) is 10.5. The van der Waals surface area contributed by atoms with Gasteiger partial charge in [-0.15, -0.1) is 0 Å². The minimum Gasteiger partial charge on any atom is -0.491 e. The summed E-state index contributed by atoms with van der Waals surface area (Å²) in [6.07, 6.45) is 0.570. The fourth-order valence-corrected chi connectivity index (χ4v) is 2.11. The van der Waals surface area contributed by atoms with Crippen LogP contribution in [0.5, 0.6) is 5.75 Å². The molecule has 0 aliphatic heterocycles. The van der Waals surface area contributed by atoms with E-state index in [1.165, 1.54) is 0 Å². The van der Waals surface area contributed by atoms with Gasteiger partial charge in [-0.25, -0.2) is 0 Å².